The summed E-state index contributed by atoms with van der Waals surface area (Å²) in [6.45, 7) is 5.33. The number of hydrogen-bond acceptors (Lipinski definition) is 5. The molecule has 1 atom stereocenters. The number of benzene rings is 1. The third-order valence-corrected chi connectivity index (χ3v) is 5.74. The van der Waals surface area contributed by atoms with Crippen LogP contribution in [0.3, 0.4) is 0 Å². The van der Waals surface area contributed by atoms with Crippen molar-refractivity contribution in [2.24, 2.45) is 5.92 Å². The fourth-order valence-corrected chi connectivity index (χ4v) is 3.81. The molecule has 0 radical (unpaired) electrons. The van der Waals surface area contributed by atoms with Crippen LogP contribution in [0.4, 0.5) is 0 Å². The topological polar surface area (TPSA) is 63.2 Å². The van der Waals surface area contributed by atoms with Crippen LogP contribution in [0.25, 0.3) is 10.6 Å². The first-order valence-corrected chi connectivity index (χ1v) is 9.50. The van der Waals surface area contributed by atoms with Gasteiger partial charge in [0.25, 0.3) is 0 Å². The standard InChI is InChI=1S/C19H25N3O2S.ClH/c1-12(21-17(23)11-20-10-14-4-5-14)18-13(2)22-19(25-18)15-6-8-16(24-3)9-7-15;/h6-9,12,14,20H,4-5,10-11H2,1-3H3,(H,21,23);1H. The molecule has 1 heterocycles. The molecule has 2 N–H and O–H groups in total. The van der Waals surface area contributed by atoms with Gasteiger partial charge in [0.1, 0.15) is 10.8 Å². The zero-order valence-electron chi connectivity index (χ0n) is 15.4. The predicted molar refractivity (Wildman–Crippen MR) is 108 cm³/mol. The molecule has 1 unspecified atom stereocenters. The first-order valence-electron chi connectivity index (χ1n) is 8.68. The Morgan fingerprint density at radius 1 is 1.35 bits per heavy atom. The highest BCUT2D eigenvalue weighted by Gasteiger charge is 2.21. The molecular formula is C19H26ClN3O2S. The van der Waals surface area contributed by atoms with Crippen LogP contribution in [0.5, 0.6) is 5.75 Å². The molecule has 1 aromatic heterocycles. The molecule has 0 spiro atoms. The van der Waals surface area contributed by atoms with E-state index in [4.69, 9.17) is 4.74 Å². The molecule has 26 heavy (non-hydrogen) atoms. The fraction of sp³-hybridized carbons (Fsp3) is 0.474. The number of methoxy groups -OCH3 is 1. The van der Waals surface area contributed by atoms with Gasteiger partial charge in [-0.15, -0.1) is 23.7 Å². The number of amides is 1. The second-order valence-electron chi connectivity index (χ2n) is 6.56. The Hall–Kier alpha value is -1.63. The number of ether oxygens (including phenoxy) is 1. The second kappa shape index (κ2) is 9.35. The van der Waals surface area contributed by atoms with Gasteiger partial charge in [-0.2, -0.15) is 0 Å². The number of halogens is 1. The highest BCUT2D eigenvalue weighted by Crippen LogP contribution is 2.32. The summed E-state index contributed by atoms with van der Waals surface area (Å²) in [4.78, 5) is 17.9. The van der Waals surface area contributed by atoms with Gasteiger partial charge in [0, 0.05) is 5.56 Å². The van der Waals surface area contributed by atoms with Crippen LogP contribution in [0, 0.1) is 12.8 Å². The quantitative estimate of drug-likeness (QED) is 0.714. The molecular weight excluding hydrogens is 370 g/mol. The zero-order chi connectivity index (χ0) is 17.8. The number of aryl methyl sites for hydroxylation is 1. The summed E-state index contributed by atoms with van der Waals surface area (Å²) < 4.78 is 5.20. The van der Waals surface area contributed by atoms with E-state index < -0.39 is 0 Å². The molecule has 1 aliphatic carbocycles. The maximum atomic E-state index is 12.1. The van der Waals surface area contributed by atoms with Gasteiger partial charge in [-0.25, -0.2) is 4.98 Å². The van der Waals surface area contributed by atoms with Crippen LogP contribution >= 0.6 is 23.7 Å². The molecule has 0 saturated heterocycles. The minimum absolute atomic E-state index is 0. The number of carbonyl (C=O) groups excluding carboxylic acids is 1. The molecule has 1 fully saturated rings. The van der Waals surface area contributed by atoms with Crippen molar-refractivity contribution >= 4 is 29.7 Å². The third-order valence-electron chi connectivity index (χ3n) is 4.36. The number of aromatic nitrogens is 1. The van der Waals surface area contributed by atoms with Gasteiger partial charge >= 0.3 is 0 Å². The average Bonchev–Trinajstić information content (AvgIpc) is 3.34. The molecule has 3 rings (SSSR count). The lowest BCUT2D eigenvalue weighted by Gasteiger charge is -2.13. The first kappa shape index (κ1) is 20.7. The van der Waals surface area contributed by atoms with Crippen LogP contribution in [0.2, 0.25) is 0 Å². The van der Waals surface area contributed by atoms with Gasteiger partial charge < -0.3 is 15.4 Å². The number of nitrogens with zero attached hydrogens (tertiary/aromatic N) is 1. The minimum atomic E-state index is -0.0419. The van der Waals surface area contributed by atoms with Gasteiger partial charge in [0.15, 0.2) is 0 Å². The van der Waals surface area contributed by atoms with Gasteiger partial charge in [-0.05, 0) is 63.4 Å². The summed E-state index contributed by atoms with van der Waals surface area (Å²) in [5, 5.41) is 7.25. The molecule has 0 bridgehead atoms. The Labute approximate surface area is 165 Å². The highest BCUT2D eigenvalue weighted by molar-refractivity contribution is 7.15. The van der Waals surface area contributed by atoms with Gasteiger partial charge in [-0.3, -0.25) is 4.79 Å². The Morgan fingerprint density at radius 3 is 2.65 bits per heavy atom. The minimum Gasteiger partial charge on any atom is -0.497 e. The van der Waals surface area contributed by atoms with E-state index in [2.05, 4.69) is 15.6 Å². The van der Waals surface area contributed by atoms with E-state index in [1.165, 1.54) is 12.8 Å². The molecule has 5 nitrogen and oxygen atoms in total. The maximum Gasteiger partial charge on any atom is 0.234 e. The largest absolute Gasteiger partial charge is 0.497 e. The van der Waals surface area contributed by atoms with E-state index in [9.17, 15) is 4.79 Å². The van der Waals surface area contributed by atoms with Crippen LogP contribution in [-0.4, -0.2) is 31.1 Å². The molecule has 1 amide bonds. The van der Waals surface area contributed by atoms with E-state index in [0.717, 1.165) is 39.4 Å². The monoisotopic (exact) mass is 395 g/mol. The Kier molecular flexibility index (Phi) is 7.43. The van der Waals surface area contributed by atoms with E-state index in [-0.39, 0.29) is 24.4 Å². The molecule has 0 aliphatic heterocycles. The second-order valence-corrected chi connectivity index (χ2v) is 7.59. The maximum absolute atomic E-state index is 12.1. The van der Waals surface area contributed by atoms with Crippen LogP contribution in [0.15, 0.2) is 24.3 Å². The molecule has 1 aliphatic rings. The average molecular weight is 396 g/mol. The fourth-order valence-electron chi connectivity index (χ4n) is 2.74. The zero-order valence-corrected chi connectivity index (χ0v) is 17.0. The molecule has 1 aromatic carbocycles. The van der Waals surface area contributed by atoms with Crippen molar-refractivity contribution in [3.63, 3.8) is 0 Å². The first-order chi connectivity index (χ1) is 12.1. The SMILES string of the molecule is COc1ccc(-c2nc(C)c(C(C)NC(=O)CNCC3CC3)s2)cc1.Cl. The number of thiazole rings is 1. The lowest BCUT2D eigenvalue weighted by Crippen LogP contribution is -2.36. The number of hydrogen-bond donors (Lipinski definition) is 2. The summed E-state index contributed by atoms with van der Waals surface area (Å²) in [6, 6.07) is 7.84. The highest BCUT2D eigenvalue weighted by atomic mass is 35.5. The number of carbonyl (C=O) groups is 1. The summed E-state index contributed by atoms with van der Waals surface area (Å²) in [5.74, 6) is 1.64. The van der Waals surface area contributed by atoms with Crippen molar-refractivity contribution in [1.82, 2.24) is 15.6 Å². The molecule has 7 heteroatoms. The summed E-state index contributed by atoms with van der Waals surface area (Å²) in [7, 11) is 1.66. The van der Waals surface area contributed by atoms with Crippen molar-refractivity contribution < 1.29 is 9.53 Å². The van der Waals surface area contributed by atoms with Gasteiger partial charge in [0.2, 0.25) is 5.91 Å². The van der Waals surface area contributed by atoms with Crippen LogP contribution in [-0.2, 0) is 4.79 Å². The Balaban J connectivity index is 0.00000243. The lowest BCUT2D eigenvalue weighted by molar-refractivity contribution is -0.120. The van der Waals surface area contributed by atoms with E-state index >= 15 is 0 Å². The number of rotatable bonds is 8. The van der Waals surface area contributed by atoms with Crippen molar-refractivity contribution in [2.75, 3.05) is 20.2 Å². The van der Waals surface area contributed by atoms with Gasteiger partial charge in [-0.1, -0.05) is 0 Å². The summed E-state index contributed by atoms with van der Waals surface area (Å²) in [6.07, 6.45) is 2.58. The third kappa shape index (κ3) is 5.43. The van der Waals surface area contributed by atoms with E-state index in [1.807, 2.05) is 38.1 Å². The van der Waals surface area contributed by atoms with E-state index in [1.54, 1.807) is 18.4 Å². The van der Waals surface area contributed by atoms with Crippen LogP contribution < -0.4 is 15.4 Å². The molecule has 2 aromatic rings. The molecule has 142 valence electrons. The predicted octanol–water partition coefficient (Wildman–Crippen LogP) is 3.73. The van der Waals surface area contributed by atoms with E-state index in [0.29, 0.717) is 6.54 Å². The summed E-state index contributed by atoms with van der Waals surface area (Å²) in [5.41, 5.74) is 2.03. The normalized spacial score (nSPS) is 14.4. The Bertz CT molecular complexity index is 729. The van der Waals surface area contributed by atoms with Crippen LogP contribution in [0.1, 0.15) is 36.4 Å². The Morgan fingerprint density at radius 2 is 2.04 bits per heavy atom. The van der Waals surface area contributed by atoms with Crippen molar-refractivity contribution in [2.45, 2.75) is 32.7 Å². The van der Waals surface area contributed by atoms with Crippen molar-refractivity contribution in [3.8, 4) is 16.3 Å². The van der Waals surface area contributed by atoms with Crippen molar-refractivity contribution in [3.05, 3.63) is 34.8 Å². The summed E-state index contributed by atoms with van der Waals surface area (Å²) >= 11 is 1.63. The van der Waals surface area contributed by atoms with Gasteiger partial charge in [0.05, 0.1) is 30.3 Å². The number of nitrogens with one attached hydrogen (secondary N) is 2. The van der Waals surface area contributed by atoms with Crippen molar-refractivity contribution in [1.29, 1.82) is 0 Å². The molecule has 1 saturated carbocycles. The smallest absolute Gasteiger partial charge is 0.234 e. The lowest BCUT2D eigenvalue weighted by atomic mass is 10.2.